The number of amides is 1. The van der Waals surface area contributed by atoms with Crippen LogP contribution >= 0.6 is 0 Å². The molecule has 0 aliphatic rings. The third-order valence-corrected chi connectivity index (χ3v) is 5.69. The number of hydrogen-bond acceptors (Lipinski definition) is 4. The number of carbonyl (C=O) groups excluding carboxylic acids is 1. The summed E-state index contributed by atoms with van der Waals surface area (Å²) in [7, 11) is -3.67. The number of anilines is 1. The molecule has 0 aliphatic carbocycles. The molecule has 1 unspecified atom stereocenters. The SMILES string of the molecule is CCCC(C)NC(=O)c1ccc(OCC)c(CN(c2ccc(F)cc2)S(C)(=O)=O)c1. The Morgan fingerprint density at radius 3 is 2.40 bits per heavy atom. The Kier molecular flexibility index (Phi) is 8.23. The summed E-state index contributed by atoms with van der Waals surface area (Å²) in [5, 5.41) is 2.94. The van der Waals surface area contributed by atoms with Crippen LogP contribution in [0, 0.1) is 5.82 Å². The summed E-state index contributed by atoms with van der Waals surface area (Å²) >= 11 is 0. The van der Waals surface area contributed by atoms with E-state index < -0.39 is 15.8 Å². The first-order valence-electron chi connectivity index (χ1n) is 9.95. The second-order valence-electron chi connectivity index (χ2n) is 7.16. The monoisotopic (exact) mass is 436 g/mol. The normalized spacial score (nSPS) is 12.3. The molecular weight excluding hydrogens is 407 g/mol. The highest BCUT2D eigenvalue weighted by atomic mass is 32.2. The van der Waals surface area contributed by atoms with Crippen molar-refractivity contribution in [3.63, 3.8) is 0 Å². The second kappa shape index (κ2) is 10.4. The highest BCUT2D eigenvalue weighted by Crippen LogP contribution is 2.27. The van der Waals surface area contributed by atoms with Gasteiger partial charge in [0.05, 0.1) is 25.1 Å². The zero-order valence-corrected chi connectivity index (χ0v) is 18.6. The van der Waals surface area contributed by atoms with E-state index in [9.17, 15) is 17.6 Å². The highest BCUT2D eigenvalue weighted by molar-refractivity contribution is 7.92. The summed E-state index contributed by atoms with van der Waals surface area (Å²) in [6, 6.07) is 10.2. The van der Waals surface area contributed by atoms with Crippen molar-refractivity contribution in [3.05, 3.63) is 59.4 Å². The first-order chi connectivity index (χ1) is 14.2. The zero-order valence-electron chi connectivity index (χ0n) is 17.8. The van der Waals surface area contributed by atoms with Crippen LogP contribution in [-0.4, -0.2) is 33.2 Å². The highest BCUT2D eigenvalue weighted by Gasteiger charge is 2.21. The summed E-state index contributed by atoms with van der Waals surface area (Å²) in [5.74, 6) is -0.193. The van der Waals surface area contributed by atoms with E-state index in [-0.39, 0.29) is 18.5 Å². The molecule has 0 aliphatic heterocycles. The number of rotatable bonds is 10. The van der Waals surface area contributed by atoms with Crippen molar-refractivity contribution in [1.82, 2.24) is 5.32 Å². The van der Waals surface area contributed by atoms with Gasteiger partial charge in [-0.05, 0) is 62.7 Å². The lowest BCUT2D eigenvalue weighted by Gasteiger charge is -2.24. The molecule has 2 aromatic rings. The maximum atomic E-state index is 13.3. The maximum Gasteiger partial charge on any atom is 0.251 e. The average Bonchev–Trinajstić information content (AvgIpc) is 2.67. The number of carbonyl (C=O) groups is 1. The Hall–Kier alpha value is -2.61. The van der Waals surface area contributed by atoms with Gasteiger partial charge in [0.1, 0.15) is 11.6 Å². The van der Waals surface area contributed by atoms with E-state index in [1.807, 2.05) is 20.8 Å². The lowest BCUT2D eigenvalue weighted by molar-refractivity contribution is 0.0938. The number of hydrogen-bond donors (Lipinski definition) is 1. The fraction of sp³-hybridized carbons (Fsp3) is 0.409. The first kappa shape index (κ1) is 23.7. The van der Waals surface area contributed by atoms with Crippen LogP contribution in [0.4, 0.5) is 10.1 Å². The van der Waals surface area contributed by atoms with Crippen LogP contribution < -0.4 is 14.4 Å². The molecule has 2 aromatic carbocycles. The van der Waals surface area contributed by atoms with Crippen molar-refractivity contribution >= 4 is 21.6 Å². The van der Waals surface area contributed by atoms with Crippen molar-refractivity contribution in [2.45, 2.75) is 46.2 Å². The molecule has 1 atom stereocenters. The third-order valence-electron chi connectivity index (χ3n) is 4.55. The van der Waals surface area contributed by atoms with E-state index >= 15 is 0 Å². The van der Waals surface area contributed by atoms with Gasteiger partial charge in [-0.2, -0.15) is 0 Å². The first-order valence-corrected chi connectivity index (χ1v) is 11.8. The van der Waals surface area contributed by atoms with Crippen molar-refractivity contribution in [2.24, 2.45) is 0 Å². The Morgan fingerprint density at radius 1 is 1.17 bits per heavy atom. The quantitative estimate of drug-likeness (QED) is 0.608. The summed E-state index contributed by atoms with van der Waals surface area (Å²) in [6.07, 6.45) is 2.90. The summed E-state index contributed by atoms with van der Waals surface area (Å²) in [5.41, 5.74) is 1.29. The van der Waals surface area contributed by atoms with Crippen LogP contribution in [0.15, 0.2) is 42.5 Å². The third kappa shape index (κ3) is 6.45. The van der Waals surface area contributed by atoms with E-state index in [4.69, 9.17) is 4.74 Å². The molecule has 6 nitrogen and oxygen atoms in total. The number of sulfonamides is 1. The number of ether oxygens (including phenoxy) is 1. The minimum absolute atomic E-state index is 0.0317. The minimum Gasteiger partial charge on any atom is -0.494 e. The molecule has 2 rings (SSSR count). The Balaban J connectivity index is 2.40. The number of halogens is 1. The van der Waals surface area contributed by atoms with Gasteiger partial charge in [0.15, 0.2) is 0 Å². The lowest BCUT2D eigenvalue weighted by Crippen LogP contribution is -2.33. The van der Waals surface area contributed by atoms with Crippen LogP contribution in [0.1, 0.15) is 49.5 Å². The molecule has 0 spiro atoms. The molecular formula is C22H29FN2O4S. The van der Waals surface area contributed by atoms with Gasteiger partial charge < -0.3 is 10.1 Å². The van der Waals surface area contributed by atoms with Crippen LogP contribution in [-0.2, 0) is 16.6 Å². The molecule has 0 heterocycles. The van der Waals surface area contributed by atoms with Gasteiger partial charge in [-0.25, -0.2) is 12.8 Å². The standard InChI is InChI=1S/C22H29FN2O4S/c1-5-7-16(3)24-22(26)17-8-13-21(29-6-2)18(14-17)15-25(30(4,27)28)20-11-9-19(23)10-12-20/h8-14,16H,5-7,15H2,1-4H3,(H,24,26). The van der Waals surface area contributed by atoms with Crippen molar-refractivity contribution in [3.8, 4) is 5.75 Å². The smallest absolute Gasteiger partial charge is 0.251 e. The van der Waals surface area contributed by atoms with Crippen molar-refractivity contribution in [2.75, 3.05) is 17.2 Å². The average molecular weight is 437 g/mol. The molecule has 164 valence electrons. The molecule has 8 heteroatoms. The molecule has 0 aromatic heterocycles. The Bertz CT molecular complexity index is 962. The van der Waals surface area contributed by atoms with Crippen molar-refractivity contribution in [1.29, 1.82) is 0 Å². The van der Waals surface area contributed by atoms with Gasteiger partial charge in [0.2, 0.25) is 10.0 Å². The van der Waals surface area contributed by atoms with Gasteiger partial charge >= 0.3 is 0 Å². The van der Waals surface area contributed by atoms with Crippen LogP contribution in [0.2, 0.25) is 0 Å². The molecule has 1 N–H and O–H groups in total. The molecule has 0 fully saturated rings. The molecule has 0 saturated carbocycles. The van der Waals surface area contributed by atoms with E-state index in [1.165, 1.54) is 24.3 Å². The maximum absolute atomic E-state index is 13.3. The fourth-order valence-corrected chi connectivity index (χ4v) is 3.99. The number of nitrogens with zero attached hydrogens (tertiary/aromatic N) is 1. The van der Waals surface area contributed by atoms with E-state index in [0.717, 1.165) is 23.4 Å². The number of benzene rings is 2. The van der Waals surface area contributed by atoms with Crippen LogP contribution in [0.3, 0.4) is 0 Å². The molecule has 0 bridgehead atoms. The van der Waals surface area contributed by atoms with Gasteiger partial charge in [-0.3, -0.25) is 9.10 Å². The minimum atomic E-state index is -3.67. The molecule has 30 heavy (non-hydrogen) atoms. The Morgan fingerprint density at radius 2 is 1.83 bits per heavy atom. The predicted molar refractivity (Wildman–Crippen MR) is 117 cm³/mol. The van der Waals surface area contributed by atoms with Gasteiger partial charge in [0.25, 0.3) is 5.91 Å². The van der Waals surface area contributed by atoms with Crippen molar-refractivity contribution < 1.29 is 22.3 Å². The van der Waals surface area contributed by atoms with E-state index in [1.54, 1.807) is 18.2 Å². The van der Waals surface area contributed by atoms with Gasteiger partial charge in [-0.1, -0.05) is 13.3 Å². The van der Waals surface area contributed by atoms with E-state index in [0.29, 0.717) is 29.2 Å². The second-order valence-corrected chi connectivity index (χ2v) is 9.07. The molecule has 0 radical (unpaired) electrons. The summed E-state index contributed by atoms with van der Waals surface area (Å²) in [4.78, 5) is 12.6. The lowest BCUT2D eigenvalue weighted by atomic mass is 10.1. The summed E-state index contributed by atoms with van der Waals surface area (Å²) in [6.45, 7) is 6.15. The van der Waals surface area contributed by atoms with Crippen LogP contribution in [0.5, 0.6) is 5.75 Å². The molecule has 1 amide bonds. The van der Waals surface area contributed by atoms with E-state index in [2.05, 4.69) is 5.32 Å². The topological polar surface area (TPSA) is 75.7 Å². The van der Waals surface area contributed by atoms with Gasteiger partial charge in [-0.15, -0.1) is 0 Å². The molecule has 0 saturated heterocycles. The largest absolute Gasteiger partial charge is 0.494 e. The zero-order chi connectivity index (χ0) is 22.3. The van der Waals surface area contributed by atoms with Gasteiger partial charge in [0, 0.05) is 17.2 Å². The predicted octanol–water partition coefficient (Wildman–Crippen LogP) is 4.11. The Labute approximate surface area is 178 Å². The van der Waals surface area contributed by atoms with Crippen LogP contribution in [0.25, 0.3) is 0 Å². The summed E-state index contributed by atoms with van der Waals surface area (Å²) < 4.78 is 45.0. The fourth-order valence-electron chi connectivity index (χ4n) is 3.11. The number of nitrogens with one attached hydrogen (secondary N) is 1.